The molecule has 0 atom stereocenters. The fourth-order valence-electron chi connectivity index (χ4n) is 4.18. The third kappa shape index (κ3) is 3.14. The molecule has 0 aromatic carbocycles. The first-order chi connectivity index (χ1) is 9.19. The Kier molecular flexibility index (Phi) is 4.16. The summed E-state index contributed by atoms with van der Waals surface area (Å²) in [6, 6.07) is 0. The van der Waals surface area contributed by atoms with Gasteiger partial charge in [0.1, 0.15) is 0 Å². The van der Waals surface area contributed by atoms with E-state index in [0.29, 0.717) is 11.5 Å². The van der Waals surface area contributed by atoms with E-state index < -0.39 is 0 Å². The molecule has 0 bridgehead atoms. The van der Waals surface area contributed by atoms with Crippen LogP contribution in [0.15, 0.2) is 0 Å². The van der Waals surface area contributed by atoms with Gasteiger partial charge in [-0.25, -0.2) is 0 Å². The molecule has 0 amide bonds. The zero-order valence-corrected chi connectivity index (χ0v) is 12.7. The van der Waals surface area contributed by atoms with Crippen LogP contribution >= 0.6 is 0 Å². The van der Waals surface area contributed by atoms with Gasteiger partial charge < -0.3 is 14.5 Å². The molecule has 2 heterocycles. The van der Waals surface area contributed by atoms with Crippen molar-refractivity contribution in [2.24, 2.45) is 11.3 Å². The van der Waals surface area contributed by atoms with Gasteiger partial charge in [0.25, 0.3) is 0 Å². The van der Waals surface area contributed by atoms with Gasteiger partial charge in [-0.05, 0) is 83.1 Å². The van der Waals surface area contributed by atoms with Crippen LogP contribution in [0.5, 0.6) is 0 Å². The molecule has 3 aliphatic rings. The molecule has 2 aliphatic heterocycles. The van der Waals surface area contributed by atoms with E-state index in [9.17, 15) is 0 Å². The molecule has 0 aromatic heterocycles. The molecule has 2 saturated heterocycles. The van der Waals surface area contributed by atoms with Gasteiger partial charge in [-0.2, -0.15) is 0 Å². The molecule has 19 heavy (non-hydrogen) atoms. The molecule has 3 nitrogen and oxygen atoms in total. The highest BCUT2D eigenvalue weighted by Crippen LogP contribution is 2.41. The SMILES string of the molecule is COC1CC(CN2CCC3(CCN(C)CC3)CC2)C1. The lowest BCUT2D eigenvalue weighted by atomic mass is 9.71. The van der Waals surface area contributed by atoms with Gasteiger partial charge in [0.2, 0.25) is 0 Å². The second-order valence-electron chi connectivity index (χ2n) is 7.30. The summed E-state index contributed by atoms with van der Waals surface area (Å²) in [5, 5.41) is 0. The number of nitrogens with zero attached hydrogens (tertiary/aromatic N) is 2. The summed E-state index contributed by atoms with van der Waals surface area (Å²) in [7, 11) is 4.12. The van der Waals surface area contributed by atoms with Gasteiger partial charge in [-0.1, -0.05) is 0 Å². The van der Waals surface area contributed by atoms with E-state index in [0.717, 1.165) is 5.92 Å². The average molecular weight is 266 g/mol. The lowest BCUT2D eigenvalue weighted by Gasteiger charge is -2.47. The van der Waals surface area contributed by atoms with Gasteiger partial charge in [0.05, 0.1) is 6.10 Å². The molecule has 3 rings (SSSR count). The Labute approximate surface area is 118 Å². The Morgan fingerprint density at radius 1 is 1.00 bits per heavy atom. The zero-order chi connectivity index (χ0) is 13.3. The maximum Gasteiger partial charge on any atom is 0.0577 e. The van der Waals surface area contributed by atoms with Gasteiger partial charge in [-0.15, -0.1) is 0 Å². The zero-order valence-electron chi connectivity index (χ0n) is 12.7. The number of rotatable bonds is 3. The van der Waals surface area contributed by atoms with E-state index in [2.05, 4.69) is 16.8 Å². The number of hydrogen-bond donors (Lipinski definition) is 0. The average Bonchev–Trinajstić information content (AvgIpc) is 2.39. The van der Waals surface area contributed by atoms with Crippen molar-refractivity contribution in [1.82, 2.24) is 9.80 Å². The van der Waals surface area contributed by atoms with E-state index in [1.807, 2.05) is 7.11 Å². The fourth-order valence-corrected chi connectivity index (χ4v) is 4.18. The minimum atomic E-state index is 0.565. The lowest BCUT2D eigenvalue weighted by molar-refractivity contribution is -0.0232. The minimum absolute atomic E-state index is 0.565. The van der Waals surface area contributed by atoms with E-state index in [-0.39, 0.29) is 0 Å². The summed E-state index contributed by atoms with van der Waals surface area (Å²) < 4.78 is 5.38. The molecule has 1 spiro atoms. The molecule has 0 N–H and O–H groups in total. The number of likely N-dealkylation sites (tertiary alicyclic amines) is 2. The third-order valence-corrected chi connectivity index (χ3v) is 6.01. The molecular formula is C16H30N2O. The third-order valence-electron chi connectivity index (χ3n) is 6.01. The summed E-state index contributed by atoms with van der Waals surface area (Å²) in [5.41, 5.74) is 0.706. The second-order valence-corrected chi connectivity index (χ2v) is 7.30. The number of piperidine rings is 2. The van der Waals surface area contributed by atoms with Crippen molar-refractivity contribution in [1.29, 1.82) is 0 Å². The molecule has 0 aromatic rings. The summed E-state index contributed by atoms with van der Waals surface area (Å²) in [6.07, 6.45) is 8.92. The maximum atomic E-state index is 5.38. The highest BCUT2D eigenvalue weighted by Gasteiger charge is 2.38. The predicted octanol–water partition coefficient (Wildman–Crippen LogP) is 2.22. The summed E-state index contributed by atoms with van der Waals surface area (Å²) in [6.45, 7) is 6.65. The van der Waals surface area contributed by atoms with Gasteiger partial charge in [-0.3, -0.25) is 0 Å². The first-order valence-electron chi connectivity index (χ1n) is 8.13. The quantitative estimate of drug-likeness (QED) is 0.779. The number of hydrogen-bond acceptors (Lipinski definition) is 3. The van der Waals surface area contributed by atoms with Crippen LogP contribution in [0.1, 0.15) is 38.5 Å². The smallest absolute Gasteiger partial charge is 0.0577 e. The molecule has 110 valence electrons. The van der Waals surface area contributed by atoms with E-state index in [1.165, 1.54) is 71.2 Å². The number of methoxy groups -OCH3 is 1. The molecular weight excluding hydrogens is 236 g/mol. The lowest BCUT2D eigenvalue weighted by Crippen LogP contribution is -2.48. The molecule has 3 fully saturated rings. The van der Waals surface area contributed by atoms with E-state index in [1.54, 1.807) is 0 Å². The monoisotopic (exact) mass is 266 g/mol. The largest absolute Gasteiger partial charge is 0.381 e. The minimum Gasteiger partial charge on any atom is -0.381 e. The molecule has 1 saturated carbocycles. The topological polar surface area (TPSA) is 15.7 Å². The van der Waals surface area contributed by atoms with Crippen molar-refractivity contribution in [2.75, 3.05) is 46.9 Å². The van der Waals surface area contributed by atoms with Crippen LogP contribution < -0.4 is 0 Å². The van der Waals surface area contributed by atoms with E-state index in [4.69, 9.17) is 4.74 Å². The highest BCUT2D eigenvalue weighted by atomic mass is 16.5. The molecule has 0 radical (unpaired) electrons. The normalized spacial score (nSPS) is 36.3. The van der Waals surface area contributed by atoms with Crippen molar-refractivity contribution in [3.05, 3.63) is 0 Å². The Morgan fingerprint density at radius 3 is 2.16 bits per heavy atom. The van der Waals surface area contributed by atoms with Crippen molar-refractivity contribution < 1.29 is 4.74 Å². The Hall–Kier alpha value is -0.120. The number of ether oxygens (including phenoxy) is 1. The van der Waals surface area contributed by atoms with Crippen molar-refractivity contribution >= 4 is 0 Å². The van der Waals surface area contributed by atoms with Crippen molar-refractivity contribution in [3.8, 4) is 0 Å². The molecule has 1 aliphatic carbocycles. The van der Waals surface area contributed by atoms with Crippen LogP contribution in [0.3, 0.4) is 0 Å². The summed E-state index contributed by atoms with van der Waals surface area (Å²) in [5.74, 6) is 0.913. The van der Waals surface area contributed by atoms with Crippen LogP contribution in [-0.4, -0.2) is 62.8 Å². The van der Waals surface area contributed by atoms with Crippen LogP contribution in [-0.2, 0) is 4.74 Å². The van der Waals surface area contributed by atoms with Gasteiger partial charge in [0, 0.05) is 13.7 Å². The van der Waals surface area contributed by atoms with Crippen LogP contribution in [0.25, 0.3) is 0 Å². The van der Waals surface area contributed by atoms with Crippen LogP contribution in [0.4, 0.5) is 0 Å². The Bertz CT molecular complexity index is 283. The van der Waals surface area contributed by atoms with Gasteiger partial charge >= 0.3 is 0 Å². The predicted molar refractivity (Wildman–Crippen MR) is 78.4 cm³/mol. The van der Waals surface area contributed by atoms with Gasteiger partial charge in [0.15, 0.2) is 0 Å². The first-order valence-corrected chi connectivity index (χ1v) is 8.13. The van der Waals surface area contributed by atoms with Crippen molar-refractivity contribution in [3.63, 3.8) is 0 Å². The molecule has 3 heteroatoms. The van der Waals surface area contributed by atoms with Crippen molar-refractivity contribution in [2.45, 2.75) is 44.6 Å². The van der Waals surface area contributed by atoms with Crippen LogP contribution in [0.2, 0.25) is 0 Å². The molecule has 0 unspecified atom stereocenters. The summed E-state index contributed by atoms with van der Waals surface area (Å²) in [4.78, 5) is 5.22. The van der Waals surface area contributed by atoms with Crippen LogP contribution in [0, 0.1) is 11.3 Å². The summed E-state index contributed by atoms with van der Waals surface area (Å²) >= 11 is 0. The van der Waals surface area contributed by atoms with E-state index >= 15 is 0 Å². The first kappa shape index (κ1) is 13.8. The standard InChI is InChI=1S/C16H30N2O/c1-17-7-3-16(4-8-17)5-9-18(10-6-16)13-14-11-15(12-14)19-2/h14-15H,3-13H2,1-2H3. The fraction of sp³-hybridized carbons (Fsp3) is 1.00. The second kappa shape index (κ2) is 5.71. The maximum absolute atomic E-state index is 5.38. The highest BCUT2D eigenvalue weighted by molar-refractivity contribution is 4.91. The Balaban J connectivity index is 1.40. The Morgan fingerprint density at radius 2 is 1.58 bits per heavy atom.